The molecule has 1 aliphatic rings. The second-order valence-corrected chi connectivity index (χ2v) is 6.85. The molecule has 1 saturated heterocycles. The molecule has 5 heteroatoms. The summed E-state index contributed by atoms with van der Waals surface area (Å²) in [6, 6.07) is 13.8. The van der Waals surface area contributed by atoms with Gasteiger partial charge in [0.25, 0.3) is 0 Å². The second-order valence-electron chi connectivity index (χ2n) is 6.44. The van der Waals surface area contributed by atoms with E-state index < -0.39 is 0 Å². The van der Waals surface area contributed by atoms with Gasteiger partial charge in [-0.3, -0.25) is 4.79 Å². The lowest BCUT2D eigenvalue weighted by Gasteiger charge is -2.40. The van der Waals surface area contributed by atoms with Crippen molar-refractivity contribution in [2.45, 2.75) is 25.9 Å². The minimum absolute atomic E-state index is 0.0174. The molecular weight excluding hydrogens is 336 g/mol. The van der Waals surface area contributed by atoms with E-state index in [1.54, 1.807) is 7.11 Å². The predicted octanol–water partition coefficient (Wildman–Crippen LogP) is 4.05. The SMILES string of the molecule is COC1CN(c2ccc(NC(=O)CCc3ccc(Cl)c(C)c3)cc2)C1. The van der Waals surface area contributed by atoms with Crippen molar-refractivity contribution in [3.8, 4) is 0 Å². The third-order valence-electron chi connectivity index (χ3n) is 4.56. The molecule has 0 aromatic heterocycles. The maximum Gasteiger partial charge on any atom is 0.224 e. The standard InChI is InChI=1S/C20H23ClN2O2/c1-14-11-15(3-9-19(14)21)4-10-20(24)22-16-5-7-17(8-6-16)23-12-18(13-23)25-2/h3,5-9,11,18H,4,10,12-13H2,1-2H3,(H,22,24). The van der Waals surface area contributed by atoms with Crippen LogP contribution >= 0.6 is 11.6 Å². The highest BCUT2D eigenvalue weighted by molar-refractivity contribution is 6.31. The zero-order valence-corrected chi connectivity index (χ0v) is 15.3. The molecule has 4 nitrogen and oxygen atoms in total. The molecule has 0 radical (unpaired) electrons. The molecule has 2 aromatic carbocycles. The summed E-state index contributed by atoms with van der Waals surface area (Å²) >= 11 is 6.03. The van der Waals surface area contributed by atoms with E-state index in [9.17, 15) is 4.79 Å². The number of aryl methyl sites for hydroxylation is 2. The minimum atomic E-state index is 0.0174. The molecule has 0 unspecified atom stereocenters. The Hall–Kier alpha value is -2.04. The Kier molecular flexibility index (Phi) is 5.61. The summed E-state index contributed by atoms with van der Waals surface area (Å²) in [6.07, 6.45) is 1.48. The fourth-order valence-corrected chi connectivity index (χ4v) is 3.01. The summed E-state index contributed by atoms with van der Waals surface area (Å²) in [4.78, 5) is 14.4. The van der Waals surface area contributed by atoms with Gasteiger partial charge in [0.15, 0.2) is 0 Å². The highest BCUT2D eigenvalue weighted by atomic mass is 35.5. The van der Waals surface area contributed by atoms with Crippen LogP contribution in [0.25, 0.3) is 0 Å². The van der Waals surface area contributed by atoms with Crippen molar-refractivity contribution in [2.75, 3.05) is 30.4 Å². The first-order valence-corrected chi connectivity index (χ1v) is 8.85. The largest absolute Gasteiger partial charge is 0.378 e. The van der Waals surface area contributed by atoms with Gasteiger partial charge >= 0.3 is 0 Å². The first-order valence-electron chi connectivity index (χ1n) is 8.48. The highest BCUT2D eigenvalue weighted by Crippen LogP contribution is 2.24. The summed E-state index contributed by atoms with van der Waals surface area (Å²) in [5.41, 5.74) is 4.14. The lowest BCUT2D eigenvalue weighted by atomic mass is 10.1. The molecule has 0 saturated carbocycles. The van der Waals surface area contributed by atoms with Gasteiger partial charge in [-0.05, 0) is 54.8 Å². The van der Waals surface area contributed by atoms with Crippen LogP contribution in [0.3, 0.4) is 0 Å². The molecule has 1 N–H and O–H groups in total. The number of anilines is 2. The van der Waals surface area contributed by atoms with Gasteiger partial charge in [-0.15, -0.1) is 0 Å². The predicted molar refractivity (Wildman–Crippen MR) is 103 cm³/mol. The van der Waals surface area contributed by atoms with Crippen LogP contribution in [0.5, 0.6) is 0 Å². The number of ether oxygens (including phenoxy) is 1. The van der Waals surface area contributed by atoms with Gasteiger partial charge < -0.3 is 15.0 Å². The lowest BCUT2D eigenvalue weighted by Crippen LogP contribution is -2.51. The average Bonchev–Trinajstić information content (AvgIpc) is 2.56. The van der Waals surface area contributed by atoms with Crippen molar-refractivity contribution in [3.05, 3.63) is 58.6 Å². The number of methoxy groups -OCH3 is 1. The molecule has 0 bridgehead atoms. The van der Waals surface area contributed by atoms with Crippen molar-refractivity contribution in [3.63, 3.8) is 0 Å². The smallest absolute Gasteiger partial charge is 0.224 e. The second kappa shape index (κ2) is 7.89. The van der Waals surface area contributed by atoms with E-state index in [0.29, 0.717) is 18.9 Å². The van der Waals surface area contributed by atoms with E-state index in [1.807, 2.05) is 49.4 Å². The van der Waals surface area contributed by atoms with Crippen molar-refractivity contribution < 1.29 is 9.53 Å². The molecule has 0 atom stereocenters. The van der Waals surface area contributed by atoms with Gasteiger partial charge in [0.05, 0.1) is 6.10 Å². The third kappa shape index (κ3) is 4.53. The third-order valence-corrected chi connectivity index (χ3v) is 4.98. The van der Waals surface area contributed by atoms with E-state index in [0.717, 1.165) is 40.6 Å². The van der Waals surface area contributed by atoms with E-state index >= 15 is 0 Å². The Morgan fingerprint density at radius 3 is 2.60 bits per heavy atom. The van der Waals surface area contributed by atoms with Crippen LogP contribution in [-0.4, -0.2) is 32.2 Å². The fraction of sp³-hybridized carbons (Fsp3) is 0.350. The monoisotopic (exact) mass is 358 g/mol. The summed E-state index contributed by atoms with van der Waals surface area (Å²) in [7, 11) is 1.74. The van der Waals surface area contributed by atoms with Crippen molar-refractivity contribution >= 4 is 28.9 Å². The molecule has 25 heavy (non-hydrogen) atoms. The Bertz CT molecular complexity index is 740. The molecule has 0 spiro atoms. The fourth-order valence-electron chi connectivity index (χ4n) is 2.90. The minimum Gasteiger partial charge on any atom is -0.378 e. The Morgan fingerprint density at radius 2 is 1.96 bits per heavy atom. The molecular formula is C20H23ClN2O2. The van der Waals surface area contributed by atoms with Gasteiger partial charge in [-0.25, -0.2) is 0 Å². The van der Waals surface area contributed by atoms with Crippen molar-refractivity contribution in [1.82, 2.24) is 0 Å². The Labute approximate surface area is 153 Å². The van der Waals surface area contributed by atoms with Crippen LogP contribution in [0.1, 0.15) is 17.5 Å². The lowest BCUT2D eigenvalue weighted by molar-refractivity contribution is -0.116. The Morgan fingerprint density at radius 1 is 1.24 bits per heavy atom. The zero-order valence-electron chi connectivity index (χ0n) is 14.6. The summed E-state index contributed by atoms with van der Waals surface area (Å²) in [5.74, 6) is 0.0174. The van der Waals surface area contributed by atoms with Gasteiger partial charge in [0, 0.05) is 43.0 Å². The van der Waals surface area contributed by atoms with Crippen LogP contribution in [0.4, 0.5) is 11.4 Å². The molecule has 1 heterocycles. The van der Waals surface area contributed by atoms with Gasteiger partial charge in [0.1, 0.15) is 0 Å². The number of carbonyl (C=O) groups is 1. The molecule has 0 aliphatic carbocycles. The van der Waals surface area contributed by atoms with E-state index in [2.05, 4.69) is 10.2 Å². The van der Waals surface area contributed by atoms with E-state index in [4.69, 9.17) is 16.3 Å². The van der Waals surface area contributed by atoms with Gasteiger partial charge in [-0.2, -0.15) is 0 Å². The number of nitrogens with zero attached hydrogens (tertiary/aromatic N) is 1. The highest BCUT2D eigenvalue weighted by Gasteiger charge is 2.26. The maximum absolute atomic E-state index is 12.1. The summed E-state index contributed by atoms with van der Waals surface area (Å²) in [5, 5.41) is 3.71. The van der Waals surface area contributed by atoms with Gasteiger partial charge in [0.2, 0.25) is 5.91 Å². The van der Waals surface area contributed by atoms with Crippen molar-refractivity contribution in [1.29, 1.82) is 0 Å². The number of nitrogens with one attached hydrogen (secondary N) is 1. The van der Waals surface area contributed by atoms with Crippen LogP contribution in [-0.2, 0) is 16.0 Å². The first kappa shape index (κ1) is 17.8. The summed E-state index contributed by atoms with van der Waals surface area (Å²) < 4.78 is 5.29. The number of amides is 1. The molecule has 1 aliphatic heterocycles. The van der Waals surface area contributed by atoms with Crippen LogP contribution < -0.4 is 10.2 Å². The molecule has 2 aromatic rings. The summed E-state index contributed by atoms with van der Waals surface area (Å²) in [6.45, 7) is 3.81. The molecule has 3 rings (SSSR count). The van der Waals surface area contributed by atoms with Gasteiger partial charge in [-0.1, -0.05) is 23.7 Å². The number of carbonyl (C=O) groups excluding carboxylic acids is 1. The first-order chi connectivity index (χ1) is 12.0. The normalized spacial score (nSPS) is 14.3. The quantitative estimate of drug-likeness (QED) is 0.846. The van der Waals surface area contributed by atoms with E-state index in [-0.39, 0.29) is 5.91 Å². The van der Waals surface area contributed by atoms with Crippen molar-refractivity contribution in [2.24, 2.45) is 0 Å². The van der Waals surface area contributed by atoms with Crippen LogP contribution in [0.15, 0.2) is 42.5 Å². The topological polar surface area (TPSA) is 41.6 Å². The molecule has 1 fully saturated rings. The molecule has 132 valence electrons. The van der Waals surface area contributed by atoms with E-state index in [1.165, 1.54) is 0 Å². The number of hydrogen-bond acceptors (Lipinski definition) is 3. The van der Waals surface area contributed by atoms with Crippen LogP contribution in [0.2, 0.25) is 5.02 Å². The Balaban J connectivity index is 1.48. The van der Waals surface area contributed by atoms with Crippen LogP contribution in [0, 0.1) is 6.92 Å². The number of benzene rings is 2. The number of hydrogen-bond donors (Lipinski definition) is 1. The maximum atomic E-state index is 12.1. The number of rotatable bonds is 6. The number of halogens is 1. The average molecular weight is 359 g/mol. The molecule has 1 amide bonds. The zero-order chi connectivity index (χ0) is 17.8.